The second kappa shape index (κ2) is 6.02. The molecular formula is C11H24N2O. The van der Waals surface area contributed by atoms with Crippen LogP contribution in [-0.2, 0) is 4.79 Å². The van der Waals surface area contributed by atoms with Gasteiger partial charge in [0.15, 0.2) is 0 Å². The fourth-order valence-electron chi connectivity index (χ4n) is 1.55. The first-order chi connectivity index (χ1) is 6.55. The van der Waals surface area contributed by atoms with Gasteiger partial charge in [0.1, 0.15) is 0 Å². The van der Waals surface area contributed by atoms with Crippen molar-refractivity contribution in [2.24, 2.45) is 5.73 Å². The first kappa shape index (κ1) is 13.4. The van der Waals surface area contributed by atoms with Crippen molar-refractivity contribution in [2.45, 2.75) is 65.0 Å². The Morgan fingerprint density at radius 1 is 1.21 bits per heavy atom. The van der Waals surface area contributed by atoms with Crippen molar-refractivity contribution in [1.29, 1.82) is 0 Å². The lowest BCUT2D eigenvalue weighted by atomic mass is 9.89. The summed E-state index contributed by atoms with van der Waals surface area (Å²) in [5.74, 6) is -0.0157. The minimum atomic E-state index is -0.362. The molecule has 0 rings (SSSR count). The SMILES string of the molecule is CCC(N)C(=O)NC(CC)(CC)CC. The molecule has 0 aromatic heterocycles. The maximum absolute atomic E-state index is 11.6. The van der Waals surface area contributed by atoms with Crippen LogP contribution in [0.1, 0.15) is 53.4 Å². The Bertz CT molecular complexity index is 168. The fourth-order valence-corrected chi connectivity index (χ4v) is 1.55. The summed E-state index contributed by atoms with van der Waals surface area (Å²) in [4.78, 5) is 11.6. The summed E-state index contributed by atoms with van der Waals surface area (Å²) in [6, 6.07) is -0.362. The highest BCUT2D eigenvalue weighted by atomic mass is 16.2. The third-order valence-corrected chi connectivity index (χ3v) is 3.20. The topological polar surface area (TPSA) is 55.1 Å². The Morgan fingerprint density at radius 3 is 1.93 bits per heavy atom. The maximum atomic E-state index is 11.6. The monoisotopic (exact) mass is 200 g/mol. The van der Waals surface area contributed by atoms with Crippen molar-refractivity contribution in [1.82, 2.24) is 5.32 Å². The molecule has 14 heavy (non-hydrogen) atoms. The molecule has 1 unspecified atom stereocenters. The molecule has 1 amide bonds. The molecule has 3 N–H and O–H groups in total. The van der Waals surface area contributed by atoms with Crippen LogP contribution < -0.4 is 11.1 Å². The summed E-state index contributed by atoms with van der Waals surface area (Å²) < 4.78 is 0. The highest BCUT2D eigenvalue weighted by molar-refractivity contribution is 5.82. The van der Waals surface area contributed by atoms with Crippen LogP contribution in [0.4, 0.5) is 0 Å². The van der Waals surface area contributed by atoms with Crippen LogP contribution in [0.5, 0.6) is 0 Å². The zero-order valence-electron chi connectivity index (χ0n) is 9.89. The number of nitrogens with one attached hydrogen (secondary N) is 1. The van der Waals surface area contributed by atoms with Crippen LogP contribution >= 0.6 is 0 Å². The Labute approximate surface area is 87.4 Å². The second-order valence-electron chi connectivity index (χ2n) is 3.84. The van der Waals surface area contributed by atoms with Gasteiger partial charge in [-0.05, 0) is 25.7 Å². The molecule has 0 fully saturated rings. The van der Waals surface area contributed by atoms with Crippen molar-refractivity contribution >= 4 is 5.91 Å². The average Bonchev–Trinajstić information content (AvgIpc) is 2.24. The molecule has 0 aliphatic heterocycles. The molecule has 0 saturated carbocycles. The van der Waals surface area contributed by atoms with E-state index in [1.807, 2.05) is 6.92 Å². The fraction of sp³-hybridized carbons (Fsp3) is 0.909. The summed E-state index contributed by atoms with van der Waals surface area (Å²) in [7, 11) is 0. The van der Waals surface area contributed by atoms with Gasteiger partial charge in [-0.3, -0.25) is 4.79 Å². The number of hydrogen-bond donors (Lipinski definition) is 2. The van der Waals surface area contributed by atoms with E-state index in [4.69, 9.17) is 5.73 Å². The van der Waals surface area contributed by atoms with Crippen molar-refractivity contribution in [2.75, 3.05) is 0 Å². The van der Waals surface area contributed by atoms with Gasteiger partial charge >= 0.3 is 0 Å². The molecule has 0 spiro atoms. The number of rotatable bonds is 6. The minimum Gasteiger partial charge on any atom is -0.349 e. The molecule has 0 aromatic rings. The zero-order valence-corrected chi connectivity index (χ0v) is 9.89. The predicted octanol–water partition coefficient (Wildman–Crippen LogP) is 1.81. The number of amides is 1. The van der Waals surface area contributed by atoms with Gasteiger partial charge in [-0.2, -0.15) is 0 Å². The third-order valence-electron chi connectivity index (χ3n) is 3.20. The number of nitrogens with two attached hydrogens (primary N) is 1. The molecule has 0 saturated heterocycles. The summed E-state index contributed by atoms with van der Waals surface area (Å²) in [6.45, 7) is 8.23. The number of hydrogen-bond acceptors (Lipinski definition) is 2. The van der Waals surface area contributed by atoms with Crippen molar-refractivity contribution in [3.05, 3.63) is 0 Å². The van der Waals surface area contributed by atoms with Gasteiger partial charge in [0.2, 0.25) is 5.91 Å². The van der Waals surface area contributed by atoms with Crippen LogP contribution in [-0.4, -0.2) is 17.5 Å². The lowest BCUT2D eigenvalue weighted by molar-refractivity contribution is -0.124. The van der Waals surface area contributed by atoms with Gasteiger partial charge in [-0.25, -0.2) is 0 Å². The standard InChI is InChI=1S/C11H24N2O/c1-5-9(12)10(14)13-11(6-2,7-3)8-4/h9H,5-8,12H2,1-4H3,(H,13,14). The van der Waals surface area contributed by atoms with E-state index in [2.05, 4.69) is 26.1 Å². The van der Waals surface area contributed by atoms with E-state index >= 15 is 0 Å². The van der Waals surface area contributed by atoms with E-state index in [9.17, 15) is 4.79 Å². The first-order valence-electron chi connectivity index (χ1n) is 5.62. The van der Waals surface area contributed by atoms with Gasteiger partial charge in [-0.1, -0.05) is 27.7 Å². The molecule has 0 radical (unpaired) electrons. The zero-order chi connectivity index (χ0) is 11.2. The lowest BCUT2D eigenvalue weighted by Gasteiger charge is -2.32. The van der Waals surface area contributed by atoms with E-state index in [1.165, 1.54) is 0 Å². The van der Waals surface area contributed by atoms with Crippen LogP contribution in [0.2, 0.25) is 0 Å². The van der Waals surface area contributed by atoms with E-state index < -0.39 is 0 Å². The van der Waals surface area contributed by atoms with Crippen LogP contribution in [0.3, 0.4) is 0 Å². The predicted molar refractivity (Wildman–Crippen MR) is 60.0 cm³/mol. The molecule has 84 valence electrons. The van der Waals surface area contributed by atoms with Crippen LogP contribution in [0.25, 0.3) is 0 Å². The molecule has 0 aliphatic carbocycles. The van der Waals surface area contributed by atoms with E-state index in [1.54, 1.807) is 0 Å². The molecule has 0 aromatic carbocycles. The normalized spacial score (nSPS) is 13.8. The summed E-state index contributed by atoms with van der Waals surface area (Å²) in [6.07, 6.45) is 3.57. The Kier molecular flexibility index (Phi) is 5.77. The maximum Gasteiger partial charge on any atom is 0.237 e. The van der Waals surface area contributed by atoms with Crippen LogP contribution in [0.15, 0.2) is 0 Å². The van der Waals surface area contributed by atoms with Crippen LogP contribution in [0, 0.1) is 0 Å². The highest BCUT2D eigenvalue weighted by Crippen LogP contribution is 2.19. The molecule has 0 bridgehead atoms. The van der Waals surface area contributed by atoms with E-state index in [0.717, 1.165) is 19.3 Å². The minimum absolute atomic E-state index is 0.0157. The first-order valence-corrected chi connectivity index (χ1v) is 5.62. The molecule has 3 heteroatoms. The Balaban J connectivity index is 4.37. The molecule has 3 nitrogen and oxygen atoms in total. The number of carbonyl (C=O) groups is 1. The van der Waals surface area contributed by atoms with E-state index in [0.29, 0.717) is 6.42 Å². The Hall–Kier alpha value is -0.570. The molecular weight excluding hydrogens is 176 g/mol. The second-order valence-corrected chi connectivity index (χ2v) is 3.84. The summed E-state index contributed by atoms with van der Waals surface area (Å²) in [5.41, 5.74) is 5.62. The largest absolute Gasteiger partial charge is 0.349 e. The van der Waals surface area contributed by atoms with E-state index in [-0.39, 0.29) is 17.5 Å². The van der Waals surface area contributed by atoms with Crippen molar-refractivity contribution < 1.29 is 4.79 Å². The highest BCUT2D eigenvalue weighted by Gasteiger charge is 2.27. The number of carbonyl (C=O) groups excluding carboxylic acids is 1. The third kappa shape index (κ3) is 3.29. The summed E-state index contributed by atoms with van der Waals surface area (Å²) in [5, 5.41) is 3.07. The Morgan fingerprint density at radius 2 is 1.64 bits per heavy atom. The molecule has 0 aliphatic rings. The quantitative estimate of drug-likeness (QED) is 0.687. The van der Waals surface area contributed by atoms with Gasteiger partial charge in [0, 0.05) is 5.54 Å². The van der Waals surface area contributed by atoms with Crippen molar-refractivity contribution in [3.63, 3.8) is 0 Å². The molecule has 0 heterocycles. The van der Waals surface area contributed by atoms with Gasteiger partial charge < -0.3 is 11.1 Å². The smallest absolute Gasteiger partial charge is 0.237 e. The lowest BCUT2D eigenvalue weighted by Crippen LogP contribution is -2.52. The average molecular weight is 200 g/mol. The van der Waals surface area contributed by atoms with Gasteiger partial charge in [-0.15, -0.1) is 0 Å². The van der Waals surface area contributed by atoms with Gasteiger partial charge in [0.25, 0.3) is 0 Å². The summed E-state index contributed by atoms with van der Waals surface area (Å²) >= 11 is 0. The van der Waals surface area contributed by atoms with Gasteiger partial charge in [0.05, 0.1) is 6.04 Å². The van der Waals surface area contributed by atoms with Crippen molar-refractivity contribution in [3.8, 4) is 0 Å². The molecule has 1 atom stereocenters.